The average molecular weight is 569 g/mol. The number of hydrogen-bond donors (Lipinski definition) is 0. The highest BCUT2D eigenvalue weighted by atomic mass is 35.5. The van der Waals surface area contributed by atoms with Crippen LogP contribution in [0.2, 0.25) is 5.02 Å². The molecule has 1 unspecified atom stereocenters. The topological polar surface area (TPSA) is 108 Å². The summed E-state index contributed by atoms with van der Waals surface area (Å²) in [5.41, 5.74) is 0.731. The molecule has 0 aliphatic carbocycles. The van der Waals surface area contributed by atoms with Crippen molar-refractivity contribution >= 4 is 64.1 Å². The predicted molar refractivity (Wildman–Crippen MR) is 140 cm³/mol. The Hall–Kier alpha value is -2.25. The van der Waals surface area contributed by atoms with Crippen molar-refractivity contribution in [2.75, 3.05) is 43.9 Å². The molecule has 2 fully saturated rings. The minimum absolute atomic E-state index is 0.131. The fourth-order valence-corrected chi connectivity index (χ4v) is 8.16. The summed E-state index contributed by atoms with van der Waals surface area (Å²) < 4.78 is 52.3. The molecule has 2 aliphatic heterocycles. The van der Waals surface area contributed by atoms with E-state index >= 15 is 0 Å². The van der Waals surface area contributed by atoms with Gasteiger partial charge in [0.1, 0.15) is 6.04 Å². The van der Waals surface area contributed by atoms with Crippen LogP contribution in [0.25, 0.3) is 10.2 Å². The van der Waals surface area contributed by atoms with Crippen LogP contribution in [0.3, 0.4) is 0 Å². The van der Waals surface area contributed by atoms with E-state index in [1.807, 2.05) is 0 Å². The summed E-state index contributed by atoms with van der Waals surface area (Å²) in [7, 11) is -7.11. The zero-order valence-corrected chi connectivity index (χ0v) is 22.7. The number of carbonyl (C=O) groups excluding carboxylic acids is 1. The minimum Gasteiger partial charge on any atom is -0.345 e. The van der Waals surface area contributed by atoms with E-state index < -0.39 is 25.9 Å². The van der Waals surface area contributed by atoms with E-state index in [4.69, 9.17) is 11.6 Å². The van der Waals surface area contributed by atoms with Crippen LogP contribution in [-0.4, -0.2) is 82.0 Å². The second-order valence-corrected chi connectivity index (χ2v) is 14.3. The van der Waals surface area contributed by atoms with Crippen molar-refractivity contribution in [1.82, 2.24) is 14.2 Å². The van der Waals surface area contributed by atoms with Crippen LogP contribution in [0.5, 0.6) is 0 Å². The van der Waals surface area contributed by atoms with Gasteiger partial charge >= 0.3 is 0 Å². The minimum atomic E-state index is -3.81. The van der Waals surface area contributed by atoms with Crippen molar-refractivity contribution in [1.29, 1.82) is 0 Å². The van der Waals surface area contributed by atoms with Crippen molar-refractivity contribution < 1.29 is 21.6 Å². The maximum Gasteiger partial charge on any atom is 0.243 e. The Balaban J connectivity index is 1.27. The molecule has 0 radical (unpaired) electrons. The Kier molecular flexibility index (Phi) is 6.75. The number of aromatic nitrogens is 1. The molecule has 192 valence electrons. The highest BCUT2D eigenvalue weighted by Crippen LogP contribution is 2.32. The molecule has 0 spiro atoms. The zero-order chi connectivity index (χ0) is 25.7. The third-order valence-corrected chi connectivity index (χ3v) is 10.9. The lowest BCUT2D eigenvalue weighted by Crippen LogP contribution is -2.54. The normalized spacial score (nSPS) is 19.8. The van der Waals surface area contributed by atoms with E-state index in [2.05, 4.69) is 9.88 Å². The first-order valence-electron chi connectivity index (χ1n) is 11.5. The van der Waals surface area contributed by atoms with Gasteiger partial charge < -0.3 is 9.80 Å². The molecule has 3 aromatic rings. The first-order chi connectivity index (χ1) is 17.0. The molecule has 36 heavy (non-hydrogen) atoms. The molecule has 0 N–H and O–H groups in total. The fourth-order valence-electron chi connectivity index (χ4n) is 4.60. The van der Waals surface area contributed by atoms with Gasteiger partial charge in [0.2, 0.25) is 15.9 Å². The quantitative estimate of drug-likeness (QED) is 0.466. The molecule has 3 heterocycles. The Bertz CT molecular complexity index is 1510. The van der Waals surface area contributed by atoms with Crippen molar-refractivity contribution in [3.05, 3.63) is 47.5 Å². The van der Waals surface area contributed by atoms with Crippen LogP contribution in [0.1, 0.15) is 12.8 Å². The first-order valence-corrected chi connectivity index (χ1v) is 16.0. The number of benzene rings is 2. The van der Waals surface area contributed by atoms with Crippen LogP contribution in [-0.2, 0) is 24.7 Å². The molecule has 2 aromatic carbocycles. The summed E-state index contributed by atoms with van der Waals surface area (Å²) in [5, 5.41) is 1.22. The van der Waals surface area contributed by atoms with Crippen molar-refractivity contribution in [2.24, 2.45) is 0 Å². The SMILES string of the molecule is CS(=O)(=O)c1ccc2nc(N3CCN(C(=O)C4CCCN4S(=O)(=O)c4ccc(Cl)cc4)CC3)sc2c1. The molecule has 0 bridgehead atoms. The third kappa shape index (κ3) is 4.84. The van der Waals surface area contributed by atoms with Gasteiger partial charge in [-0.2, -0.15) is 4.31 Å². The van der Waals surface area contributed by atoms with Gasteiger partial charge in [-0.15, -0.1) is 0 Å². The highest BCUT2D eigenvalue weighted by molar-refractivity contribution is 7.90. The Morgan fingerprint density at radius 2 is 1.64 bits per heavy atom. The fraction of sp³-hybridized carbons (Fsp3) is 0.391. The molecular formula is C23H25ClN4O5S3. The number of sulfone groups is 1. The van der Waals surface area contributed by atoms with Crippen LogP contribution < -0.4 is 4.90 Å². The molecule has 1 aromatic heterocycles. The smallest absolute Gasteiger partial charge is 0.243 e. The molecule has 2 aliphatic rings. The maximum atomic E-state index is 13.4. The Morgan fingerprint density at radius 3 is 2.31 bits per heavy atom. The van der Waals surface area contributed by atoms with E-state index in [9.17, 15) is 21.6 Å². The number of piperazine rings is 1. The standard InChI is InChI=1S/C23H25ClN4O5S3/c1-35(30,31)18-8-9-19-21(15-18)34-23(25-19)27-13-11-26(12-14-27)22(29)20-3-2-10-28(20)36(32,33)17-6-4-16(24)5-7-17/h4-9,15,20H,2-3,10-14H2,1H3. The monoisotopic (exact) mass is 568 g/mol. The van der Waals surface area contributed by atoms with Crippen LogP contribution in [0, 0.1) is 0 Å². The number of sulfonamides is 1. The lowest BCUT2D eigenvalue weighted by atomic mass is 10.2. The number of carbonyl (C=O) groups is 1. The molecule has 5 rings (SSSR count). The highest BCUT2D eigenvalue weighted by Gasteiger charge is 2.41. The van der Waals surface area contributed by atoms with Gasteiger partial charge in [-0.25, -0.2) is 21.8 Å². The number of halogens is 1. The van der Waals surface area contributed by atoms with Crippen molar-refractivity contribution in [3.63, 3.8) is 0 Å². The maximum absolute atomic E-state index is 13.4. The lowest BCUT2D eigenvalue weighted by molar-refractivity contribution is -0.134. The van der Waals surface area contributed by atoms with Crippen molar-refractivity contribution in [2.45, 2.75) is 28.7 Å². The summed E-state index contributed by atoms with van der Waals surface area (Å²) >= 11 is 7.33. The van der Waals surface area contributed by atoms with Gasteiger partial charge in [-0.1, -0.05) is 22.9 Å². The van der Waals surface area contributed by atoms with Crippen LogP contribution >= 0.6 is 22.9 Å². The lowest BCUT2D eigenvalue weighted by Gasteiger charge is -2.37. The summed E-state index contributed by atoms with van der Waals surface area (Å²) in [5.74, 6) is -0.174. The van der Waals surface area contributed by atoms with E-state index in [0.717, 1.165) is 15.3 Å². The molecule has 2 saturated heterocycles. The molecule has 1 amide bonds. The van der Waals surface area contributed by atoms with Gasteiger partial charge in [0.25, 0.3) is 0 Å². The van der Waals surface area contributed by atoms with E-state index in [1.165, 1.54) is 46.2 Å². The van der Waals surface area contributed by atoms with Gasteiger partial charge in [0, 0.05) is 44.0 Å². The van der Waals surface area contributed by atoms with Gasteiger partial charge in [0.15, 0.2) is 15.0 Å². The zero-order valence-electron chi connectivity index (χ0n) is 19.5. The van der Waals surface area contributed by atoms with Gasteiger partial charge in [-0.05, 0) is 55.3 Å². The second-order valence-electron chi connectivity index (χ2n) is 8.94. The van der Waals surface area contributed by atoms with E-state index in [1.54, 1.807) is 23.1 Å². The number of thiazole rings is 1. The molecule has 1 atom stereocenters. The summed E-state index contributed by atoms with van der Waals surface area (Å²) in [6.07, 6.45) is 2.30. The number of fused-ring (bicyclic) bond motifs is 1. The molecule has 9 nitrogen and oxygen atoms in total. The Morgan fingerprint density at radius 1 is 0.972 bits per heavy atom. The molecule has 0 saturated carbocycles. The summed E-state index contributed by atoms with van der Waals surface area (Å²) in [6.45, 7) is 2.33. The van der Waals surface area contributed by atoms with Crippen molar-refractivity contribution in [3.8, 4) is 0 Å². The predicted octanol–water partition coefficient (Wildman–Crippen LogP) is 2.86. The average Bonchev–Trinajstić information content (AvgIpc) is 3.51. The number of amides is 1. The molecule has 13 heteroatoms. The number of rotatable bonds is 5. The second kappa shape index (κ2) is 9.56. The first kappa shape index (κ1) is 25.4. The van der Waals surface area contributed by atoms with Gasteiger partial charge in [-0.3, -0.25) is 4.79 Å². The summed E-state index contributed by atoms with van der Waals surface area (Å²) in [4.78, 5) is 22.2. The largest absolute Gasteiger partial charge is 0.345 e. The number of nitrogens with zero attached hydrogens (tertiary/aromatic N) is 4. The number of anilines is 1. The Labute approximate surface area is 219 Å². The van der Waals surface area contributed by atoms with Crippen LogP contribution in [0.15, 0.2) is 52.3 Å². The van der Waals surface area contributed by atoms with E-state index in [0.29, 0.717) is 50.6 Å². The van der Waals surface area contributed by atoms with E-state index in [-0.39, 0.29) is 15.7 Å². The van der Waals surface area contributed by atoms with Crippen LogP contribution in [0.4, 0.5) is 5.13 Å². The third-order valence-electron chi connectivity index (χ3n) is 6.55. The van der Waals surface area contributed by atoms with Gasteiger partial charge in [0.05, 0.1) is 20.0 Å². The molecular weight excluding hydrogens is 544 g/mol. The summed E-state index contributed by atoms with van der Waals surface area (Å²) in [6, 6.07) is 10.2. The number of hydrogen-bond acceptors (Lipinski definition) is 8.